The van der Waals surface area contributed by atoms with Crippen LogP contribution in [-0.4, -0.2) is 100.0 Å². The first-order chi connectivity index (χ1) is 12.2. The topological polar surface area (TPSA) is 218 Å². The minimum Gasteiger partial charge on any atom is -0.480 e. The number of nitrogens with one attached hydrogen (secondary N) is 1. The van der Waals surface area contributed by atoms with Crippen LogP contribution in [0.3, 0.4) is 0 Å². The lowest BCUT2D eigenvalue weighted by atomic mass is 9.99. The highest BCUT2D eigenvalue weighted by Gasteiger charge is 2.44. The molecular weight excluding hydrogens is 354 g/mol. The summed E-state index contributed by atoms with van der Waals surface area (Å²) in [6, 6.07) is -0.984. The molecule has 0 unspecified atom stereocenters. The highest BCUT2D eigenvalue weighted by molar-refractivity contribution is 5.84. The van der Waals surface area contributed by atoms with E-state index in [2.05, 4.69) is 5.32 Å². The smallest absolute Gasteiger partial charge is 0.322 e. The van der Waals surface area contributed by atoms with E-state index >= 15 is 0 Å². The van der Waals surface area contributed by atoms with Gasteiger partial charge in [-0.3, -0.25) is 9.59 Å². The van der Waals surface area contributed by atoms with E-state index in [1.807, 2.05) is 0 Å². The number of amides is 1. The second-order valence-electron chi connectivity index (χ2n) is 5.99. The minimum atomic E-state index is -1.58. The van der Waals surface area contributed by atoms with Gasteiger partial charge in [0.05, 0.1) is 18.8 Å². The Hall–Kier alpha value is -1.38. The van der Waals surface area contributed by atoms with Crippen LogP contribution in [-0.2, 0) is 19.1 Å². The molecule has 26 heavy (non-hydrogen) atoms. The average molecular weight is 381 g/mol. The van der Waals surface area contributed by atoms with Crippen LogP contribution in [0.1, 0.15) is 12.8 Å². The van der Waals surface area contributed by atoms with E-state index in [-0.39, 0.29) is 19.4 Å². The van der Waals surface area contributed by atoms with Crippen molar-refractivity contribution in [2.45, 2.75) is 55.7 Å². The van der Waals surface area contributed by atoms with Gasteiger partial charge in [0, 0.05) is 6.54 Å². The third-order valence-corrected chi connectivity index (χ3v) is 3.99. The van der Waals surface area contributed by atoms with Gasteiger partial charge >= 0.3 is 5.97 Å². The minimum absolute atomic E-state index is 0.0154. The maximum absolute atomic E-state index is 11.6. The Labute approximate surface area is 149 Å². The largest absolute Gasteiger partial charge is 0.480 e. The molecule has 0 saturated carbocycles. The molecule has 1 saturated heterocycles. The number of carboxylic acids is 1. The fourth-order valence-electron chi connectivity index (χ4n) is 2.40. The van der Waals surface area contributed by atoms with Crippen molar-refractivity contribution in [2.24, 2.45) is 11.5 Å². The maximum atomic E-state index is 11.6. The van der Waals surface area contributed by atoms with Crippen LogP contribution in [0.15, 0.2) is 0 Å². The van der Waals surface area contributed by atoms with Crippen molar-refractivity contribution in [2.75, 3.05) is 19.7 Å². The molecule has 12 heteroatoms. The number of carboxylic acid groups (broad SMARTS) is 1. The van der Waals surface area contributed by atoms with Gasteiger partial charge in [0.25, 0.3) is 0 Å². The molecular formula is C14H27N3O9. The van der Waals surface area contributed by atoms with Crippen LogP contribution in [0, 0.1) is 0 Å². The van der Waals surface area contributed by atoms with Crippen molar-refractivity contribution in [1.29, 1.82) is 0 Å². The summed E-state index contributed by atoms with van der Waals surface area (Å²) in [4.78, 5) is 22.0. The summed E-state index contributed by atoms with van der Waals surface area (Å²) in [5, 5.41) is 49.2. The van der Waals surface area contributed by atoms with Gasteiger partial charge in [-0.25, -0.2) is 0 Å². The number of rotatable bonds is 10. The Kier molecular flexibility index (Phi) is 9.32. The van der Waals surface area contributed by atoms with Crippen molar-refractivity contribution >= 4 is 11.9 Å². The van der Waals surface area contributed by atoms with Crippen molar-refractivity contribution in [1.82, 2.24) is 5.32 Å². The molecule has 152 valence electrons. The Morgan fingerprint density at radius 2 is 1.81 bits per heavy atom. The molecule has 0 bridgehead atoms. The predicted octanol–water partition coefficient (Wildman–Crippen LogP) is -4.56. The van der Waals surface area contributed by atoms with Crippen LogP contribution < -0.4 is 16.8 Å². The molecule has 0 aromatic carbocycles. The molecule has 1 aliphatic rings. The Morgan fingerprint density at radius 3 is 2.35 bits per heavy atom. The van der Waals surface area contributed by atoms with Crippen molar-refractivity contribution in [3.8, 4) is 0 Å². The van der Waals surface area contributed by atoms with E-state index in [1.54, 1.807) is 0 Å². The average Bonchev–Trinajstić information content (AvgIpc) is 2.62. The summed E-state index contributed by atoms with van der Waals surface area (Å²) in [6.07, 6.45) is -7.48. The lowest BCUT2D eigenvalue weighted by Gasteiger charge is -2.40. The summed E-state index contributed by atoms with van der Waals surface area (Å²) in [7, 11) is 0. The quantitative estimate of drug-likeness (QED) is 0.180. The molecule has 0 spiro atoms. The van der Waals surface area contributed by atoms with Gasteiger partial charge in [0.2, 0.25) is 5.91 Å². The van der Waals surface area contributed by atoms with Crippen LogP contribution in [0.2, 0.25) is 0 Å². The number of aliphatic carboxylic acids is 1. The van der Waals surface area contributed by atoms with Crippen LogP contribution in [0.5, 0.6) is 0 Å². The van der Waals surface area contributed by atoms with Gasteiger partial charge in [-0.2, -0.15) is 0 Å². The van der Waals surface area contributed by atoms with Crippen LogP contribution in [0.4, 0.5) is 0 Å². The summed E-state index contributed by atoms with van der Waals surface area (Å²) in [6.45, 7) is -1.15. The number of hydrogen-bond acceptors (Lipinski definition) is 10. The Morgan fingerprint density at radius 1 is 1.15 bits per heavy atom. The van der Waals surface area contributed by atoms with Gasteiger partial charge in [-0.1, -0.05) is 0 Å². The highest BCUT2D eigenvalue weighted by Crippen LogP contribution is 2.23. The van der Waals surface area contributed by atoms with Gasteiger partial charge in [-0.05, 0) is 12.8 Å². The monoisotopic (exact) mass is 381 g/mol. The lowest BCUT2D eigenvalue weighted by Crippen LogP contribution is -2.60. The third kappa shape index (κ3) is 6.41. The number of carbonyl (C=O) groups excluding carboxylic acids is 1. The molecule has 1 fully saturated rings. The summed E-state index contributed by atoms with van der Waals surface area (Å²) in [5.41, 5.74) is 11.2. The zero-order valence-corrected chi connectivity index (χ0v) is 14.1. The summed E-state index contributed by atoms with van der Waals surface area (Å²) < 4.78 is 10.7. The second kappa shape index (κ2) is 10.7. The molecule has 1 aliphatic heterocycles. The zero-order chi connectivity index (χ0) is 19.9. The van der Waals surface area contributed by atoms with Gasteiger partial charge in [0.15, 0.2) is 6.29 Å². The fourth-order valence-corrected chi connectivity index (χ4v) is 2.40. The van der Waals surface area contributed by atoms with E-state index < -0.39 is 67.9 Å². The molecule has 1 amide bonds. The normalized spacial score (nSPS) is 31.2. The van der Waals surface area contributed by atoms with Crippen molar-refractivity contribution in [3.63, 3.8) is 0 Å². The van der Waals surface area contributed by atoms with Gasteiger partial charge in [-0.15, -0.1) is 0 Å². The molecule has 0 aliphatic carbocycles. The first-order valence-corrected chi connectivity index (χ1v) is 8.12. The second-order valence-corrected chi connectivity index (χ2v) is 5.99. The van der Waals surface area contributed by atoms with Crippen molar-refractivity contribution < 1.29 is 44.6 Å². The van der Waals surface area contributed by atoms with E-state index in [0.29, 0.717) is 0 Å². The number of hydrogen-bond donors (Lipinski definition) is 8. The highest BCUT2D eigenvalue weighted by atomic mass is 16.7. The summed E-state index contributed by atoms with van der Waals surface area (Å²) in [5.74, 6) is -1.84. The zero-order valence-electron chi connectivity index (χ0n) is 14.1. The predicted molar refractivity (Wildman–Crippen MR) is 85.5 cm³/mol. The molecule has 1 heterocycles. The van der Waals surface area contributed by atoms with E-state index in [9.17, 15) is 24.9 Å². The van der Waals surface area contributed by atoms with E-state index in [1.165, 1.54) is 0 Å². The first kappa shape index (κ1) is 22.7. The fraction of sp³-hybridized carbons (Fsp3) is 0.857. The third-order valence-electron chi connectivity index (χ3n) is 3.99. The molecule has 7 atom stereocenters. The molecule has 0 aromatic heterocycles. The van der Waals surface area contributed by atoms with E-state index in [0.717, 1.165) is 0 Å². The Bertz CT molecular complexity index is 465. The van der Waals surface area contributed by atoms with Crippen LogP contribution >= 0.6 is 0 Å². The number of nitrogens with two attached hydrogens (primary N) is 2. The molecule has 0 radical (unpaired) electrons. The molecule has 0 aromatic rings. The number of ether oxygens (including phenoxy) is 2. The number of aliphatic hydroxyl groups excluding tert-OH is 4. The van der Waals surface area contributed by atoms with E-state index in [4.69, 9.17) is 31.2 Å². The van der Waals surface area contributed by atoms with Crippen LogP contribution in [0.25, 0.3) is 0 Å². The standard InChI is InChI=1S/C14H27N3O9/c15-3-6(1-2-7(16)13(24)17-4-9(19)20)25-14-12(23)11(22)10(21)8(5-18)26-14/h6-8,10-12,14,18,21-23H,1-5,15-16H2,(H,17,24)(H,19,20)/t6-,7+,8-,10+,11+,12-,14-/m1/s1. The number of carbonyl (C=O) groups is 2. The summed E-state index contributed by atoms with van der Waals surface area (Å²) >= 11 is 0. The number of aliphatic hydroxyl groups is 4. The lowest BCUT2D eigenvalue weighted by molar-refractivity contribution is -0.310. The molecule has 10 N–H and O–H groups in total. The SMILES string of the molecule is NC[C@@H](CC[C@H](N)C(=O)NCC(=O)O)O[C@@H]1O[C@H](CO)[C@H](O)[C@H](O)[C@H]1O. The Balaban J connectivity index is 2.53. The first-order valence-electron chi connectivity index (χ1n) is 8.12. The van der Waals surface area contributed by atoms with Gasteiger partial charge < -0.3 is 51.8 Å². The maximum Gasteiger partial charge on any atom is 0.322 e. The molecule has 12 nitrogen and oxygen atoms in total. The van der Waals surface area contributed by atoms with Crippen molar-refractivity contribution in [3.05, 3.63) is 0 Å². The molecule has 1 rings (SSSR count). The van der Waals surface area contributed by atoms with Gasteiger partial charge in [0.1, 0.15) is 31.0 Å².